The van der Waals surface area contributed by atoms with E-state index in [0.29, 0.717) is 32.2 Å². The van der Waals surface area contributed by atoms with Gasteiger partial charge in [0.05, 0.1) is 6.04 Å². The van der Waals surface area contributed by atoms with E-state index >= 15 is 0 Å². The maximum atomic E-state index is 12.5. The third kappa shape index (κ3) is 8.54. The summed E-state index contributed by atoms with van der Waals surface area (Å²) in [6, 6.07) is -0.271. The molecular weight excluding hydrogens is 298 g/mol. The molecular formula is C16H29N3O4. The first-order chi connectivity index (χ1) is 11.0. The lowest BCUT2D eigenvalue weighted by Gasteiger charge is -2.24. The maximum Gasteiger partial charge on any atom is 0.303 e. The Morgan fingerprint density at radius 3 is 2.35 bits per heavy atom. The summed E-state index contributed by atoms with van der Waals surface area (Å²) in [5, 5.41) is 11.9. The fourth-order valence-corrected chi connectivity index (χ4v) is 2.81. The second-order valence-electron chi connectivity index (χ2n) is 6.10. The van der Waals surface area contributed by atoms with Crippen molar-refractivity contribution < 1.29 is 19.5 Å². The molecule has 1 rings (SSSR count). The monoisotopic (exact) mass is 327 g/mol. The SMILES string of the molecule is NC(=O)CCC[C@H](NCCCCCC(=O)O)C(=O)N1CCCC1. The van der Waals surface area contributed by atoms with Gasteiger partial charge in [-0.15, -0.1) is 0 Å². The largest absolute Gasteiger partial charge is 0.481 e. The fraction of sp³-hybridized carbons (Fsp3) is 0.812. The van der Waals surface area contributed by atoms with Crippen LogP contribution in [0.5, 0.6) is 0 Å². The summed E-state index contributed by atoms with van der Waals surface area (Å²) < 4.78 is 0. The number of likely N-dealkylation sites (tertiary alicyclic amines) is 1. The van der Waals surface area contributed by atoms with Gasteiger partial charge in [-0.1, -0.05) is 6.42 Å². The van der Waals surface area contributed by atoms with E-state index in [0.717, 1.165) is 38.8 Å². The molecule has 0 saturated carbocycles. The minimum Gasteiger partial charge on any atom is -0.481 e. The van der Waals surface area contributed by atoms with Crippen LogP contribution in [-0.4, -0.2) is 53.5 Å². The van der Waals surface area contributed by atoms with Gasteiger partial charge in [0.15, 0.2) is 0 Å². The zero-order valence-electron chi connectivity index (χ0n) is 13.8. The van der Waals surface area contributed by atoms with Gasteiger partial charge in [-0.25, -0.2) is 0 Å². The van der Waals surface area contributed by atoms with Crippen LogP contribution in [0.1, 0.15) is 57.8 Å². The highest BCUT2D eigenvalue weighted by Crippen LogP contribution is 2.12. The van der Waals surface area contributed by atoms with E-state index < -0.39 is 5.97 Å². The van der Waals surface area contributed by atoms with Crippen LogP contribution in [0, 0.1) is 0 Å². The minimum absolute atomic E-state index is 0.109. The van der Waals surface area contributed by atoms with Crippen molar-refractivity contribution in [2.45, 2.75) is 63.8 Å². The smallest absolute Gasteiger partial charge is 0.303 e. The molecule has 0 radical (unpaired) electrons. The van der Waals surface area contributed by atoms with Crippen molar-refractivity contribution in [3.8, 4) is 0 Å². The van der Waals surface area contributed by atoms with Gasteiger partial charge in [0.1, 0.15) is 0 Å². The van der Waals surface area contributed by atoms with Crippen molar-refractivity contribution in [2.24, 2.45) is 5.73 Å². The van der Waals surface area contributed by atoms with E-state index in [1.165, 1.54) is 0 Å². The Morgan fingerprint density at radius 1 is 1.04 bits per heavy atom. The zero-order valence-corrected chi connectivity index (χ0v) is 13.8. The molecule has 2 amide bonds. The first-order valence-corrected chi connectivity index (χ1v) is 8.53. The Balaban J connectivity index is 2.32. The van der Waals surface area contributed by atoms with E-state index in [1.54, 1.807) is 0 Å². The second kappa shape index (κ2) is 11.0. The molecule has 0 aliphatic carbocycles. The number of unbranched alkanes of at least 4 members (excludes halogenated alkanes) is 2. The topological polar surface area (TPSA) is 113 Å². The zero-order chi connectivity index (χ0) is 17.1. The minimum atomic E-state index is -0.772. The number of amides is 2. The molecule has 1 aliphatic heterocycles. The van der Waals surface area contributed by atoms with Gasteiger partial charge < -0.3 is 21.1 Å². The first kappa shape index (κ1) is 19.4. The van der Waals surface area contributed by atoms with Gasteiger partial charge in [-0.05, 0) is 45.1 Å². The predicted molar refractivity (Wildman–Crippen MR) is 86.8 cm³/mol. The van der Waals surface area contributed by atoms with Crippen LogP contribution in [-0.2, 0) is 14.4 Å². The summed E-state index contributed by atoms with van der Waals surface area (Å²) in [6.45, 7) is 2.30. The number of carboxylic acids is 1. The van der Waals surface area contributed by atoms with Crippen molar-refractivity contribution >= 4 is 17.8 Å². The maximum absolute atomic E-state index is 12.5. The summed E-state index contributed by atoms with van der Waals surface area (Å²) in [5.74, 6) is -1.00. The van der Waals surface area contributed by atoms with Crippen LogP contribution in [0.15, 0.2) is 0 Å². The normalized spacial score (nSPS) is 15.6. The summed E-state index contributed by atoms with van der Waals surface area (Å²) in [7, 11) is 0. The number of carboxylic acid groups (broad SMARTS) is 1. The third-order valence-electron chi connectivity index (χ3n) is 4.09. The summed E-state index contributed by atoms with van der Waals surface area (Å²) in [4.78, 5) is 35.7. The Bertz CT molecular complexity index is 395. The molecule has 1 aliphatic rings. The Hall–Kier alpha value is -1.63. The molecule has 0 aromatic rings. The van der Waals surface area contributed by atoms with Gasteiger partial charge >= 0.3 is 5.97 Å². The number of nitrogens with one attached hydrogen (secondary N) is 1. The van der Waals surface area contributed by atoms with Gasteiger partial charge in [-0.2, -0.15) is 0 Å². The number of nitrogens with two attached hydrogens (primary N) is 1. The van der Waals surface area contributed by atoms with Crippen molar-refractivity contribution in [3.05, 3.63) is 0 Å². The van der Waals surface area contributed by atoms with Crippen LogP contribution >= 0.6 is 0 Å². The van der Waals surface area contributed by atoms with Crippen LogP contribution in [0.3, 0.4) is 0 Å². The van der Waals surface area contributed by atoms with Crippen LogP contribution in [0.4, 0.5) is 0 Å². The molecule has 7 nitrogen and oxygen atoms in total. The highest BCUT2D eigenvalue weighted by atomic mass is 16.4. The molecule has 1 heterocycles. The number of rotatable bonds is 12. The third-order valence-corrected chi connectivity index (χ3v) is 4.09. The highest BCUT2D eigenvalue weighted by Gasteiger charge is 2.25. The summed E-state index contributed by atoms with van der Waals surface area (Å²) in [6.07, 6.45) is 6.11. The number of primary amides is 1. The lowest BCUT2D eigenvalue weighted by Crippen LogP contribution is -2.45. The van der Waals surface area contributed by atoms with Gasteiger partial charge in [0.25, 0.3) is 0 Å². The van der Waals surface area contributed by atoms with Crippen LogP contribution < -0.4 is 11.1 Å². The molecule has 1 atom stereocenters. The van der Waals surface area contributed by atoms with Gasteiger partial charge in [-0.3, -0.25) is 14.4 Å². The molecule has 0 aromatic carbocycles. The standard InChI is InChI=1S/C16H29N3O4/c17-14(20)8-6-7-13(16(23)19-11-4-5-12-19)18-10-3-1-2-9-15(21)22/h13,18H,1-12H2,(H2,17,20)(H,21,22)/t13-/m0/s1. The highest BCUT2D eigenvalue weighted by molar-refractivity contribution is 5.82. The molecule has 0 unspecified atom stereocenters. The van der Waals surface area contributed by atoms with Gasteiger partial charge in [0, 0.05) is 25.9 Å². The first-order valence-electron chi connectivity index (χ1n) is 8.53. The van der Waals surface area contributed by atoms with E-state index in [4.69, 9.17) is 10.8 Å². The average molecular weight is 327 g/mol. The van der Waals surface area contributed by atoms with Crippen LogP contribution in [0.2, 0.25) is 0 Å². The summed E-state index contributed by atoms with van der Waals surface area (Å²) >= 11 is 0. The Morgan fingerprint density at radius 2 is 1.74 bits per heavy atom. The number of carbonyl (C=O) groups is 3. The summed E-state index contributed by atoms with van der Waals surface area (Å²) in [5.41, 5.74) is 5.15. The van der Waals surface area contributed by atoms with Crippen molar-refractivity contribution in [2.75, 3.05) is 19.6 Å². The van der Waals surface area contributed by atoms with E-state index in [-0.39, 0.29) is 24.3 Å². The van der Waals surface area contributed by atoms with E-state index in [1.807, 2.05) is 4.90 Å². The number of hydrogen-bond acceptors (Lipinski definition) is 4. The quantitative estimate of drug-likeness (QED) is 0.460. The van der Waals surface area contributed by atoms with Crippen molar-refractivity contribution in [1.82, 2.24) is 10.2 Å². The lowest BCUT2D eigenvalue weighted by atomic mass is 10.1. The number of nitrogens with zero attached hydrogens (tertiary/aromatic N) is 1. The second-order valence-corrected chi connectivity index (χ2v) is 6.10. The molecule has 1 saturated heterocycles. The fourth-order valence-electron chi connectivity index (χ4n) is 2.81. The van der Waals surface area contributed by atoms with E-state index in [2.05, 4.69) is 5.32 Å². The van der Waals surface area contributed by atoms with Crippen molar-refractivity contribution in [1.29, 1.82) is 0 Å². The number of hydrogen-bond donors (Lipinski definition) is 3. The molecule has 132 valence electrons. The molecule has 1 fully saturated rings. The Kier molecular flexibility index (Phi) is 9.28. The predicted octanol–water partition coefficient (Wildman–Crippen LogP) is 0.868. The van der Waals surface area contributed by atoms with Gasteiger partial charge in [0.2, 0.25) is 11.8 Å². The molecule has 0 bridgehead atoms. The number of carbonyl (C=O) groups excluding carboxylic acids is 2. The van der Waals surface area contributed by atoms with Crippen LogP contribution in [0.25, 0.3) is 0 Å². The molecule has 7 heteroatoms. The number of aliphatic carboxylic acids is 1. The molecule has 0 aromatic heterocycles. The lowest BCUT2D eigenvalue weighted by molar-refractivity contribution is -0.137. The molecule has 0 spiro atoms. The Labute approximate surface area is 137 Å². The molecule has 23 heavy (non-hydrogen) atoms. The average Bonchev–Trinajstić information content (AvgIpc) is 3.01. The van der Waals surface area contributed by atoms with Crippen molar-refractivity contribution in [3.63, 3.8) is 0 Å². The molecule has 4 N–H and O–H groups in total. The van der Waals surface area contributed by atoms with E-state index in [9.17, 15) is 14.4 Å².